The maximum Gasteiger partial charge on any atom is 0.232 e. The topological polar surface area (TPSA) is 74.8 Å². The number of rotatable bonds is 6. The van der Waals surface area contributed by atoms with Gasteiger partial charge in [-0.3, -0.25) is 9.82 Å². The number of unbranched alkanes of at least 4 members (excludes halogenated alkanes) is 1. The molecule has 19 heavy (non-hydrogen) atoms. The number of aromatic amines is 1. The highest BCUT2D eigenvalue weighted by atomic mass is 32.2. The molecule has 0 aliphatic rings. The Morgan fingerprint density at radius 1 is 1.21 bits per heavy atom. The van der Waals surface area contributed by atoms with E-state index in [1.54, 1.807) is 18.3 Å². The van der Waals surface area contributed by atoms with Gasteiger partial charge in [0.2, 0.25) is 10.0 Å². The summed E-state index contributed by atoms with van der Waals surface area (Å²) in [6.07, 6.45) is 3.21. The number of anilines is 1. The van der Waals surface area contributed by atoms with Crippen LogP contribution in [0.5, 0.6) is 0 Å². The van der Waals surface area contributed by atoms with Crippen molar-refractivity contribution in [1.29, 1.82) is 0 Å². The fourth-order valence-corrected chi connectivity index (χ4v) is 2.97. The van der Waals surface area contributed by atoms with Crippen LogP contribution in [-0.2, 0) is 10.0 Å². The number of benzene rings is 1. The van der Waals surface area contributed by atoms with Crippen molar-refractivity contribution in [3.8, 4) is 11.3 Å². The van der Waals surface area contributed by atoms with Gasteiger partial charge in [-0.1, -0.05) is 25.5 Å². The van der Waals surface area contributed by atoms with E-state index in [-0.39, 0.29) is 5.75 Å². The summed E-state index contributed by atoms with van der Waals surface area (Å²) in [6.45, 7) is 1.97. The Hall–Kier alpha value is -1.82. The Morgan fingerprint density at radius 3 is 2.53 bits per heavy atom. The van der Waals surface area contributed by atoms with Crippen LogP contribution in [0.2, 0.25) is 0 Å². The molecule has 0 aliphatic heterocycles. The van der Waals surface area contributed by atoms with Gasteiger partial charge in [-0.15, -0.1) is 0 Å². The van der Waals surface area contributed by atoms with Gasteiger partial charge in [0, 0.05) is 11.9 Å². The minimum atomic E-state index is -3.23. The number of aromatic nitrogens is 2. The molecule has 1 aromatic heterocycles. The second-order valence-corrected chi connectivity index (χ2v) is 6.16. The zero-order chi connectivity index (χ0) is 13.7. The highest BCUT2D eigenvalue weighted by Gasteiger charge is 2.09. The van der Waals surface area contributed by atoms with E-state index >= 15 is 0 Å². The second kappa shape index (κ2) is 5.88. The zero-order valence-electron chi connectivity index (χ0n) is 10.8. The van der Waals surface area contributed by atoms with Crippen LogP contribution in [0.1, 0.15) is 19.8 Å². The van der Waals surface area contributed by atoms with Crippen molar-refractivity contribution in [2.24, 2.45) is 0 Å². The fourth-order valence-electron chi connectivity index (χ4n) is 1.70. The molecule has 0 unspecified atom stereocenters. The maximum absolute atomic E-state index is 11.7. The van der Waals surface area contributed by atoms with E-state index < -0.39 is 10.0 Å². The molecule has 5 nitrogen and oxygen atoms in total. The first-order valence-corrected chi connectivity index (χ1v) is 7.86. The van der Waals surface area contributed by atoms with Crippen molar-refractivity contribution in [3.05, 3.63) is 36.5 Å². The van der Waals surface area contributed by atoms with E-state index in [0.717, 1.165) is 17.7 Å². The van der Waals surface area contributed by atoms with Crippen LogP contribution < -0.4 is 4.72 Å². The molecule has 1 aromatic carbocycles. The average molecular weight is 279 g/mol. The highest BCUT2D eigenvalue weighted by Crippen LogP contribution is 2.19. The lowest BCUT2D eigenvalue weighted by Crippen LogP contribution is -2.16. The van der Waals surface area contributed by atoms with Gasteiger partial charge in [-0.25, -0.2) is 8.42 Å². The molecule has 0 saturated carbocycles. The fraction of sp³-hybridized carbons (Fsp3) is 0.308. The minimum absolute atomic E-state index is 0.159. The molecule has 2 aromatic rings. The summed E-state index contributed by atoms with van der Waals surface area (Å²) in [5.41, 5.74) is 2.45. The number of hydrogen-bond acceptors (Lipinski definition) is 3. The Balaban J connectivity index is 2.07. The lowest BCUT2D eigenvalue weighted by Gasteiger charge is -2.07. The standard InChI is InChI=1S/C13H17N3O2S/c1-2-3-10-19(17,18)16-12-6-4-11(5-7-12)13-8-9-14-15-13/h4-9,16H,2-3,10H2,1H3,(H,14,15). The van der Waals surface area contributed by atoms with Crippen molar-refractivity contribution in [2.45, 2.75) is 19.8 Å². The Labute approximate surface area is 113 Å². The van der Waals surface area contributed by atoms with Crippen LogP contribution in [0.25, 0.3) is 11.3 Å². The summed E-state index contributed by atoms with van der Waals surface area (Å²) in [4.78, 5) is 0. The van der Waals surface area contributed by atoms with E-state index in [9.17, 15) is 8.42 Å². The first-order valence-electron chi connectivity index (χ1n) is 6.21. The molecule has 0 radical (unpaired) electrons. The van der Waals surface area contributed by atoms with Crippen LogP contribution in [0.4, 0.5) is 5.69 Å². The molecule has 0 amide bonds. The normalized spacial score (nSPS) is 11.4. The molecule has 0 bridgehead atoms. The van der Waals surface area contributed by atoms with Crippen molar-refractivity contribution in [2.75, 3.05) is 10.5 Å². The summed E-state index contributed by atoms with van der Waals surface area (Å²) in [6, 6.07) is 9.07. The van der Waals surface area contributed by atoms with Crippen molar-refractivity contribution in [3.63, 3.8) is 0 Å². The van der Waals surface area contributed by atoms with Gasteiger partial charge in [0.25, 0.3) is 0 Å². The Bertz CT molecular complexity index is 604. The van der Waals surface area contributed by atoms with E-state index in [1.165, 1.54) is 0 Å². The second-order valence-electron chi connectivity index (χ2n) is 4.32. The third kappa shape index (κ3) is 3.82. The summed E-state index contributed by atoms with van der Waals surface area (Å²) in [5, 5.41) is 6.74. The monoisotopic (exact) mass is 279 g/mol. The van der Waals surface area contributed by atoms with E-state index in [2.05, 4.69) is 14.9 Å². The van der Waals surface area contributed by atoms with Crippen LogP contribution >= 0.6 is 0 Å². The molecule has 102 valence electrons. The Morgan fingerprint density at radius 2 is 1.95 bits per heavy atom. The number of nitrogens with zero attached hydrogens (tertiary/aromatic N) is 1. The third-order valence-corrected chi connectivity index (χ3v) is 4.11. The van der Waals surface area contributed by atoms with Crippen LogP contribution in [-0.4, -0.2) is 24.4 Å². The van der Waals surface area contributed by atoms with Crippen molar-refractivity contribution >= 4 is 15.7 Å². The maximum atomic E-state index is 11.7. The zero-order valence-corrected chi connectivity index (χ0v) is 11.6. The molecule has 2 N–H and O–H groups in total. The Kier molecular flexibility index (Phi) is 4.21. The quantitative estimate of drug-likeness (QED) is 0.853. The van der Waals surface area contributed by atoms with Crippen LogP contribution in [0.3, 0.4) is 0 Å². The van der Waals surface area contributed by atoms with Gasteiger partial charge in [-0.05, 0) is 30.2 Å². The minimum Gasteiger partial charge on any atom is -0.284 e. The van der Waals surface area contributed by atoms with Gasteiger partial charge in [0.1, 0.15) is 0 Å². The predicted octanol–water partition coefficient (Wildman–Crippen LogP) is 2.62. The van der Waals surface area contributed by atoms with Gasteiger partial charge in [-0.2, -0.15) is 5.10 Å². The average Bonchev–Trinajstić information content (AvgIpc) is 2.91. The summed E-state index contributed by atoms with van der Waals surface area (Å²) >= 11 is 0. The number of H-pyrrole nitrogens is 1. The largest absolute Gasteiger partial charge is 0.284 e. The van der Waals surface area contributed by atoms with Crippen LogP contribution in [0, 0.1) is 0 Å². The summed E-state index contributed by atoms with van der Waals surface area (Å²) < 4.78 is 26.1. The van der Waals surface area contributed by atoms with E-state index in [1.807, 2.05) is 25.1 Å². The first kappa shape index (κ1) is 13.6. The van der Waals surface area contributed by atoms with Gasteiger partial charge < -0.3 is 0 Å². The first-order chi connectivity index (χ1) is 9.11. The smallest absolute Gasteiger partial charge is 0.232 e. The lowest BCUT2D eigenvalue weighted by molar-refractivity contribution is 0.598. The molecule has 1 heterocycles. The van der Waals surface area contributed by atoms with Crippen molar-refractivity contribution in [1.82, 2.24) is 10.2 Å². The van der Waals surface area contributed by atoms with E-state index in [4.69, 9.17) is 0 Å². The van der Waals surface area contributed by atoms with Gasteiger partial charge in [0.05, 0.1) is 11.4 Å². The molecular weight excluding hydrogens is 262 g/mol. The molecule has 0 saturated heterocycles. The lowest BCUT2D eigenvalue weighted by atomic mass is 10.1. The van der Waals surface area contributed by atoms with Gasteiger partial charge in [0.15, 0.2) is 0 Å². The number of sulfonamides is 1. The number of hydrogen-bond donors (Lipinski definition) is 2. The third-order valence-electron chi connectivity index (χ3n) is 2.74. The van der Waals surface area contributed by atoms with E-state index in [0.29, 0.717) is 12.1 Å². The molecule has 0 spiro atoms. The summed E-state index contributed by atoms with van der Waals surface area (Å²) in [5.74, 6) is 0.159. The summed E-state index contributed by atoms with van der Waals surface area (Å²) in [7, 11) is -3.23. The number of nitrogens with one attached hydrogen (secondary N) is 2. The molecule has 0 atom stereocenters. The predicted molar refractivity (Wildman–Crippen MR) is 76.3 cm³/mol. The van der Waals surface area contributed by atoms with Gasteiger partial charge >= 0.3 is 0 Å². The molecular formula is C13H17N3O2S. The van der Waals surface area contributed by atoms with Crippen molar-refractivity contribution < 1.29 is 8.42 Å². The van der Waals surface area contributed by atoms with Crippen LogP contribution in [0.15, 0.2) is 36.5 Å². The highest BCUT2D eigenvalue weighted by molar-refractivity contribution is 7.92. The molecule has 6 heteroatoms. The molecule has 2 rings (SSSR count). The SMILES string of the molecule is CCCCS(=O)(=O)Nc1ccc(-c2ccn[nH]2)cc1. The molecule has 0 aliphatic carbocycles. The molecule has 0 fully saturated rings.